The van der Waals surface area contributed by atoms with E-state index in [9.17, 15) is 4.79 Å². The molecule has 110 valence electrons. The minimum atomic E-state index is -0.0245. The van der Waals surface area contributed by atoms with Gasteiger partial charge in [-0.05, 0) is 37.1 Å². The molecule has 2 nitrogen and oxygen atoms in total. The topological polar surface area (TPSA) is 20.3 Å². The van der Waals surface area contributed by atoms with E-state index in [1.165, 1.54) is 51.5 Å². The molecule has 2 rings (SSSR count). The molecule has 1 saturated heterocycles. The maximum absolute atomic E-state index is 11.7. The Labute approximate surface area is 118 Å². The van der Waals surface area contributed by atoms with Crippen LogP contribution in [0, 0.1) is 16.7 Å². The summed E-state index contributed by atoms with van der Waals surface area (Å²) >= 11 is 0. The zero-order chi connectivity index (χ0) is 13.9. The van der Waals surface area contributed by atoms with Crippen LogP contribution < -0.4 is 0 Å². The molecule has 0 aromatic rings. The zero-order valence-electron chi connectivity index (χ0n) is 13.1. The van der Waals surface area contributed by atoms with Gasteiger partial charge < -0.3 is 9.69 Å². The Morgan fingerprint density at radius 3 is 2.26 bits per heavy atom. The summed E-state index contributed by atoms with van der Waals surface area (Å²) < 4.78 is 0. The van der Waals surface area contributed by atoms with Gasteiger partial charge in [-0.2, -0.15) is 0 Å². The molecule has 1 heterocycles. The molecule has 0 radical (unpaired) electrons. The average Bonchev–Trinajstić information content (AvgIpc) is 2.69. The molecule has 1 unspecified atom stereocenters. The number of hydrogen-bond donors (Lipinski definition) is 0. The van der Waals surface area contributed by atoms with Crippen molar-refractivity contribution in [1.82, 2.24) is 4.90 Å². The Hall–Kier alpha value is -0.370. The van der Waals surface area contributed by atoms with E-state index in [1.807, 2.05) is 0 Å². The molecule has 1 aliphatic carbocycles. The molecule has 0 bridgehead atoms. The van der Waals surface area contributed by atoms with Crippen molar-refractivity contribution in [2.75, 3.05) is 19.6 Å². The van der Waals surface area contributed by atoms with Crippen LogP contribution in [-0.2, 0) is 4.79 Å². The van der Waals surface area contributed by atoms with E-state index in [-0.39, 0.29) is 5.41 Å². The van der Waals surface area contributed by atoms with E-state index in [1.54, 1.807) is 0 Å². The number of nitrogens with zero attached hydrogens (tertiary/aromatic N) is 1. The molecule has 19 heavy (non-hydrogen) atoms. The van der Waals surface area contributed by atoms with E-state index in [0.29, 0.717) is 5.41 Å². The van der Waals surface area contributed by atoms with Gasteiger partial charge in [0.2, 0.25) is 0 Å². The van der Waals surface area contributed by atoms with Crippen LogP contribution in [0.2, 0.25) is 0 Å². The second-order valence-electron chi connectivity index (χ2n) is 7.98. The lowest BCUT2D eigenvalue weighted by Gasteiger charge is -2.33. The van der Waals surface area contributed by atoms with Gasteiger partial charge in [-0.15, -0.1) is 0 Å². The van der Waals surface area contributed by atoms with Crippen LogP contribution in [-0.4, -0.2) is 30.8 Å². The lowest BCUT2D eigenvalue weighted by molar-refractivity contribution is -0.118. The van der Waals surface area contributed by atoms with Crippen molar-refractivity contribution >= 4 is 6.29 Å². The highest BCUT2D eigenvalue weighted by atomic mass is 16.1. The smallest absolute Gasteiger partial charge is 0.127 e. The zero-order valence-corrected chi connectivity index (χ0v) is 13.1. The number of likely N-dealkylation sites (tertiary alicyclic amines) is 1. The third-order valence-electron chi connectivity index (χ3n) is 5.38. The monoisotopic (exact) mass is 265 g/mol. The summed E-state index contributed by atoms with van der Waals surface area (Å²) in [6, 6.07) is 0. The summed E-state index contributed by atoms with van der Waals surface area (Å²) in [6.45, 7) is 10.5. The van der Waals surface area contributed by atoms with Crippen molar-refractivity contribution in [3.8, 4) is 0 Å². The summed E-state index contributed by atoms with van der Waals surface area (Å²) in [6.07, 6.45) is 9.96. The maximum Gasteiger partial charge on any atom is 0.127 e. The van der Waals surface area contributed by atoms with Crippen molar-refractivity contribution in [1.29, 1.82) is 0 Å². The van der Waals surface area contributed by atoms with Crippen molar-refractivity contribution in [2.24, 2.45) is 16.7 Å². The molecule has 1 atom stereocenters. The molecule has 0 amide bonds. The number of carbonyl (C=O) groups excluding carboxylic acids is 1. The molecule has 2 aliphatic rings. The van der Waals surface area contributed by atoms with Crippen LogP contribution in [0.3, 0.4) is 0 Å². The highest BCUT2D eigenvalue weighted by Crippen LogP contribution is 2.38. The van der Waals surface area contributed by atoms with E-state index in [2.05, 4.69) is 25.7 Å². The SMILES string of the molecule is CC(C)(C)C1CCN(CC2(C=O)CCCCCC2)C1. The fourth-order valence-corrected chi connectivity index (χ4v) is 3.87. The molecule has 1 aliphatic heterocycles. The molecule has 0 spiro atoms. The highest BCUT2D eigenvalue weighted by molar-refractivity contribution is 5.59. The number of rotatable bonds is 3. The van der Waals surface area contributed by atoms with Gasteiger partial charge in [0.25, 0.3) is 0 Å². The van der Waals surface area contributed by atoms with E-state index >= 15 is 0 Å². The Bertz CT molecular complexity index is 297. The van der Waals surface area contributed by atoms with Crippen molar-refractivity contribution in [3.05, 3.63) is 0 Å². The highest BCUT2D eigenvalue weighted by Gasteiger charge is 2.37. The minimum Gasteiger partial charge on any atom is -0.303 e. The maximum atomic E-state index is 11.7. The third kappa shape index (κ3) is 3.81. The quantitative estimate of drug-likeness (QED) is 0.570. The van der Waals surface area contributed by atoms with Crippen LogP contribution in [0.15, 0.2) is 0 Å². The molecular weight excluding hydrogens is 234 g/mol. The molecule has 1 saturated carbocycles. The van der Waals surface area contributed by atoms with E-state index in [0.717, 1.165) is 25.3 Å². The fourth-order valence-electron chi connectivity index (χ4n) is 3.87. The lowest BCUT2D eigenvalue weighted by Crippen LogP contribution is -2.38. The molecule has 0 aromatic heterocycles. The Morgan fingerprint density at radius 2 is 1.79 bits per heavy atom. The Balaban J connectivity index is 1.94. The van der Waals surface area contributed by atoms with E-state index < -0.39 is 0 Å². The first-order valence-corrected chi connectivity index (χ1v) is 8.14. The molecule has 2 fully saturated rings. The minimum absolute atomic E-state index is 0.0245. The molecule has 2 heteroatoms. The lowest BCUT2D eigenvalue weighted by atomic mass is 9.80. The molecule has 0 N–H and O–H groups in total. The van der Waals surface area contributed by atoms with Crippen LogP contribution >= 0.6 is 0 Å². The van der Waals surface area contributed by atoms with Crippen LogP contribution in [0.5, 0.6) is 0 Å². The van der Waals surface area contributed by atoms with Gasteiger partial charge >= 0.3 is 0 Å². The first kappa shape index (κ1) is 15.0. The average molecular weight is 265 g/mol. The van der Waals surface area contributed by atoms with Crippen LogP contribution in [0.1, 0.15) is 65.7 Å². The predicted octanol–water partition coefficient (Wildman–Crippen LogP) is 3.89. The summed E-state index contributed by atoms with van der Waals surface area (Å²) in [5.41, 5.74) is 0.385. The summed E-state index contributed by atoms with van der Waals surface area (Å²) in [5.74, 6) is 0.794. The van der Waals surface area contributed by atoms with Gasteiger partial charge in [0.1, 0.15) is 6.29 Å². The summed E-state index contributed by atoms with van der Waals surface area (Å²) in [5, 5.41) is 0. The molecule has 0 aromatic carbocycles. The Morgan fingerprint density at radius 1 is 1.16 bits per heavy atom. The Kier molecular flexibility index (Phi) is 4.70. The standard InChI is InChI=1S/C17H31NO/c1-16(2,3)15-8-11-18(12-15)13-17(14-19)9-6-4-5-7-10-17/h14-15H,4-13H2,1-3H3. The molecular formula is C17H31NO. The normalized spacial score (nSPS) is 29.1. The van der Waals surface area contributed by atoms with Gasteiger partial charge in [0.15, 0.2) is 0 Å². The van der Waals surface area contributed by atoms with Gasteiger partial charge in [-0.1, -0.05) is 46.5 Å². The first-order chi connectivity index (χ1) is 8.95. The summed E-state index contributed by atoms with van der Waals surface area (Å²) in [7, 11) is 0. The third-order valence-corrected chi connectivity index (χ3v) is 5.38. The van der Waals surface area contributed by atoms with Crippen molar-refractivity contribution in [2.45, 2.75) is 65.7 Å². The first-order valence-electron chi connectivity index (χ1n) is 8.14. The number of hydrogen-bond acceptors (Lipinski definition) is 2. The fraction of sp³-hybridized carbons (Fsp3) is 0.941. The summed E-state index contributed by atoms with van der Waals surface area (Å²) in [4.78, 5) is 14.2. The van der Waals surface area contributed by atoms with Gasteiger partial charge in [-0.3, -0.25) is 0 Å². The number of carbonyl (C=O) groups is 1. The largest absolute Gasteiger partial charge is 0.303 e. The number of aldehydes is 1. The van der Waals surface area contributed by atoms with Gasteiger partial charge in [0, 0.05) is 18.5 Å². The second-order valence-corrected chi connectivity index (χ2v) is 7.98. The predicted molar refractivity (Wildman–Crippen MR) is 80.2 cm³/mol. The van der Waals surface area contributed by atoms with Crippen LogP contribution in [0.4, 0.5) is 0 Å². The second kappa shape index (κ2) is 5.95. The van der Waals surface area contributed by atoms with Crippen LogP contribution in [0.25, 0.3) is 0 Å². The van der Waals surface area contributed by atoms with Crippen molar-refractivity contribution in [3.63, 3.8) is 0 Å². The van der Waals surface area contributed by atoms with Crippen molar-refractivity contribution < 1.29 is 4.79 Å². The van der Waals surface area contributed by atoms with E-state index in [4.69, 9.17) is 0 Å². The van der Waals surface area contributed by atoms with Gasteiger partial charge in [-0.25, -0.2) is 0 Å². The van der Waals surface area contributed by atoms with Gasteiger partial charge in [0.05, 0.1) is 0 Å².